The molecule has 1 heterocycles. The van der Waals surface area contributed by atoms with Gasteiger partial charge >= 0.3 is 5.97 Å². The average Bonchev–Trinajstić information content (AvgIpc) is 2.43. The molecular formula is C9H18N2O2S. The normalized spacial score (nSPS) is 18.9. The second-order valence-corrected chi connectivity index (χ2v) is 4.20. The minimum absolute atomic E-state index is 0.134. The number of nitrogens with one attached hydrogen (secondary N) is 2. The van der Waals surface area contributed by atoms with Crippen LogP contribution in [0, 0.1) is 0 Å². The first kappa shape index (κ1) is 11.8. The van der Waals surface area contributed by atoms with Gasteiger partial charge in [0.2, 0.25) is 0 Å². The van der Waals surface area contributed by atoms with Crippen molar-refractivity contribution in [1.82, 2.24) is 10.6 Å². The Morgan fingerprint density at radius 1 is 1.43 bits per heavy atom. The third-order valence-electron chi connectivity index (χ3n) is 1.94. The lowest BCUT2D eigenvalue weighted by molar-refractivity contribution is -0.139. The summed E-state index contributed by atoms with van der Waals surface area (Å²) in [6.45, 7) is 4.33. The van der Waals surface area contributed by atoms with E-state index >= 15 is 0 Å². The van der Waals surface area contributed by atoms with Crippen molar-refractivity contribution in [3.05, 3.63) is 0 Å². The minimum atomic E-state index is -0.134. The molecule has 14 heavy (non-hydrogen) atoms. The van der Waals surface area contributed by atoms with Gasteiger partial charge in [-0.15, -0.1) is 11.8 Å². The predicted octanol–water partition coefficient (Wildman–Crippen LogP) is 0.539. The number of carbonyl (C=O) groups excluding carboxylic acids is 1. The van der Waals surface area contributed by atoms with Crippen LogP contribution in [0.2, 0.25) is 0 Å². The predicted molar refractivity (Wildman–Crippen MR) is 58.1 cm³/mol. The molecule has 0 radical (unpaired) electrons. The number of carbonyl (C=O) groups is 1. The van der Waals surface area contributed by atoms with Gasteiger partial charge in [-0.3, -0.25) is 15.4 Å². The van der Waals surface area contributed by atoms with Gasteiger partial charge in [-0.05, 0) is 32.9 Å². The number of rotatable bonds is 4. The average molecular weight is 218 g/mol. The van der Waals surface area contributed by atoms with Gasteiger partial charge in [0.05, 0.1) is 12.4 Å². The fraction of sp³-hybridized carbons (Fsp3) is 0.889. The van der Waals surface area contributed by atoms with Crippen molar-refractivity contribution in [2.24, 2.45) is 0 Å². The lowest BCUT2D eigenvalue weighted by atomic mass is 10.3. The molecule has 0 amide bonds. The number of esters is 1. The summed E-state index contributed by atoms with van der Waals surface area (Å²) in [6, 6.07) is 0. The molecule has 0 bridgehead atoms. The largest absolute Gasteiger partial charge is 0.465 e. The summed E-state index contributed by atoms with van der Waals surface area (Å²) in [5.41, 5.74) is 0.196. The Morgan fingerprint density at radius 3 is 2.64 bits per heavy atom. The maximum absolute atomic E-state index is 11.1. The molecule has 0 aromatic heterocycles. The van der Waals surface area contributed by atoms with E-state index in [4.69, 9.17) is 4.74 Å². The topological polar surface area (TPSA) is 50.4 Å². The van der Waals surface area contributed by atoms with Crippen LogP contribution in [-0.2, 0) is 9.53 Å². The lowest BCUT2D eigenvalue weighted by Crippen LogP contribution is -2.38. The highest BCUT2D eigenvalue weighted by atomic mass is 32.2. The number of thioether (sulfide) groups is 1. The van der Waals surface area contributed by atoms with Crippen LogP contribution in [0.25, 0.3) is 0 Å². The maximum atomic E-state index is 11.1. The van der Waals surface area contributed by atoms with E-state index < -0.39 is 0 Å². The van der Waals surface area contributed by atoms with Crippen molar-refractivity contribution in [3.8, 4) is 0 Å². The monoisotopic (exact) mass is 218 g/mol. The van der Waals surface area contributed by atoms with E-state index in [9.17, 15) is 4.79 Å². The van der Waals surface area contributed by atoms with Crippen LogP contribution >= 0.6 is 11.8 Å². The summed E-state index contributed by atoms with van der Waals surface area (Å²) in [7, 11) is 0. The Hall–Kier alpha value is -0.260. The first-order valence-corrected chi connectivity index (χ1v) is 6.12. The molecule has 0 atom stereocenters. The zero-order chi connectivity index (χ0) is 10.2. The molecule has 0 spiro atoms. The van der Waals surface area contributed by atoms with Gasteiger partial charge in [0, 0.05) is 0 Å². The van der Waals surface area contributed by atoms with Crippen LogP contribution in [0.3, 0.4) is 0 Å². The molecule has 1 aliphatic rings. The summed E-state index contributed by atoms with van der Waals surface area (Å²) in [5, 5.41) is 6.65. The highest BCUT2D eigenvalue weighted by Crippen LogP contribution is 2.08. The van der Waals surface area contributed by atoms with Gasteiger partial charge in [-0.2, -0.15) is 0 Å². The van der Waals surface area contributed by atoms with Crippen LogP contribution < -0.4 is 10.6 Å². The molecule has 0 aliphatic carbocycles. The molecular weight excluding hydrogens is 200 g/mol. The van der Waals surface area contributed by atoms with Gasteiger partial charge < -0.3 is 4.74 Å². The van der Waals surface area contributed by atoms with Crippen LogP contribution in [0.1, 0.15) is 19.8 Å². The quantitative estimate of drug-likeness (QED) is 0.675. The van der Waals surface area contributed by atoms with Gasteiger partial charge in [0.25, 0.3) is 0 Å². The molecule has 82 valence electrons. The molecule has 0 unspecified atom stereocenters. The third-order valence-corrected chi connectivity index (χ3v) is 3.01. The van der Waals surface area contributed by atoms with Crippen LogP contribution in [0.15, 0.2) is 0 Å². The van der Waals surface area contributed by atoms with Gasteiger partial charge in [0.1, 0.15) is 5.50 Å². The van der Waals surface area contributed by atoms with E-state index in [2.05, 4.69) is 10.6 Å². The van der Waals surface area contributed by atoms with Crippen molar-refractivity contribution in [3.63, 3.8) is 0 Å². The summed E-state index contributed by atoms with van der Waals surface area (Å²) >= 11 is 1.56. The van der Waals surface area contributed by atoms with Gasteiger partial charge in [-0.1, -0.05) is 0 Å². The van der Waals surface area contributed by atoms with E-state index in [-0.39, 0.29) is 11.5 Å². The molecule has 1 saturated heterocycles. The Morgan fingerprint density at radius 2 is 2.07 bits per heavy atom. The zero-order valence-corrected chi connectivity index (χ0v) is 9.36. The molecule has 1 rings (SSSR count). The zero-order valence-electron chi connectivity index (χ0n) is 8.54. The number of hydrogen-bond acceptors (Lipinski definition) is 5. The van der Waals surface area contributed by atoms with Gasteiger partial charge in [0.15, 0.2) is 0 Å². The van der Waals surface area contributed by atoms with Gasteiger partial charge in [-0.25, -0.2) is 0 Å². The molecule has 2 N–H and O–H groups in total. The van der Waals surface area contributed by atoms with Crippen LogP contribution in [0.4, 0.5) is 0 Å². The highest BCUT2D eigenvalue weighted by Gasteiger charge is 2.12. The minimum Gasteiger partial charge on any atom is -0.465 e. The second-order valence-electron chi connectivity index (χ2n) is 3.11. The fourth-order valence-corrected chi connectivity index (χ4v) is 2.12. The first-order valence-electron chi connectivity index (χ1n) is 5.07. The smallest absolute Gasteiger partial charge is 0.315 e. The van der Waals surface area contributed by atoms with Crippen molar-refractivity contribution in [1.29, 1.82) is 0 Å². The molecule has 1 aliphatic heterocycles. The number of hydrogen-bond donors (Lipinski definition) is 2. The highest BCUT2D eigenvalue weighted by molar-refractivity contribution is 8.00. The second kappa shape index (κ2) is 7.09. The third kappa shape index (κ3) is 4.83. The standard InChI is InChI=1S/C9H18N2O2S/c1-2-13-8(12)7-14-9-10-5-3-4-6-11-9/h9-11H,2-7H2,1H3. The Kier molecular flexibility index (Phi) is 5.98. The van der Waals surface area contributed by atoms with E-state index in [1.54, 1.807) is 11.8 Å². The van der Waals surface area contributed by atoms with E-state index in [1.165, 1.54) is 12.8 Å². The lowest BCUT2D eigenvalue weighted by Gasteiger charge is -2.15. The molecule has 0 aromatic carbocycles. The first-order chi connectivity index (χ1) is 6.83. The Labute approximate surface area is 89.2 Å². The fourth-order valence-electron chi connectivity index (χ4n) is 1.26. The molecule has 4 nitrogen and oxygen atoms in total. The molecule has 0 saturated carbocycles. The van der Waals surface area contributed by atoms with Crippen molar-refractivity contribution in [2.45, 2.75) is 25.3 Å². The van der Waals surface area contributed by atoms with Crippen molar-refractivity contribution >= 4 is 17.7 Å². The maximum Gasteiger partial charge on any atom is 0.315 e. The van der Waals surface area contributed by atoms with E-state index in [1.807, 2.05) is 6.92 Å². The summed E-state index contributed by atoms with van der Waals surface area (Å²) in [5.74, 6) is 0.281. The van der Waals surface area contributed by atoms with Crippen LogP contribution in [-0.4, -0.2) is 36.9 Å². The molecule has 5 heteroatoms. The number of ether oxygens (including phenoxy) is 1. The van der Waals surface area contributed by atoms with Crippen molar-refractivity contribution < 1.29 is 9.53 Å². The van der Waals surface area contributed by atoms with Crippen molar-refractivity contribution in [2.75, 3.05) is 25.4 Å². The SMILES string of the molecule is CCOC(=O)CSC1NCCCCN1. The summed E-state index contributed by atoms with van der Waals surface area (Å²) < 4.78 is 4.85. The molecule has 0 aromatic rings. The van der Waals surface area contributed by atoms with E-state index in [0.717, 1.165) is 13.1 Å². The summed E-state index contributed by atoms with van der Waals surface area (Å²) in [4.78, 5) is 11.1. The molecule has 1 fully saturated rings. The van der Waals surface area contributed by atoms with Crippen LogP contribution in [0.5, 0.6) is 0 Å². The Bertz CT molecular complexity index is 170. The van der Waals surface area contributed by atoms with E-state index in [0.29, 0.717) is 12.4 Å². The summed E-state index contributed by atoms with van der Waals surface area (Å²) in [6.07, 6.45) is 2.40. The Balaban J connectivity index is 2.12.